The maximum atomic E-state index is 12.7. The topological polar surface area (TPSA) is 89.1 Å². The molecule has 6 heteroatoms. The first-order valence-electron chi connectivity index (χ1n) is 4.80. The lowest BCUT2D eigenvalue weighted by Crippen LogP contribution is -2.18. The molecule has 0 amide bonds. The number of benzene rings is 1. The van der Waals surface area contributed by atoms with Gasteiger partial charge in [-0.25, -0.2) is 4.39 Å². The molecule has 0 bridgehead atoms. The molecule has 86 valence electrons. The van der Waals surface area contributed by atoms with Crippen LogP contribution in [-0.4, -0.2) is 18.4 Å². The van der Waals surface area contributed by atoms with Crippen molar-refractivity contribution >= 4 is 5.84 Å². The SMILES string of the molecule is C[C@H](N)CN=NC(=NN)c1ccc(F)cc1. The van der Waals surface area contributed by atoms with Crippen molar-refractivity contribution in [3.05, 3.63) is 35.6 Å². The zero-order valence-corrected chi connectivity index (χ0v) is 8.97. The van der Waals surface area contributed by atoms with Gasteiger partial charge in [0.25, 0.3) is 0 Å². The summed E-state index contributed by atoms with van der Waals surface area (Å²) in [6.45, 7) is 2.20. The van der Waals surface area contributed by atoms with Crippen LogP contribution in [0.4, 0.5) is 4.39 Å². The van der Waals surface area contributed by atoms with Crippen molar-refractivity contribution in [3.8, 4) is 0 Å². The Morgan fingerprint density at radius 3 is 2.50 bits per heavy atom. The Hall–Kier alpha value is -1.82. The standard InChI is InChI=1S/C10H14FN5/c1-7(12)6-14-16-10(15-13)8-2-4-9(11)5-3-8/h2-5,7H,6,12-13H2,1H3/t7-/m0/s1. The smallest absolute Gasteiger partial charge is 0.200 e. The van der Waals surface area contributed by atoms with Crippen molar-refractivity contribution in [1.29, 1.82) is 0 Å². The third kappa shape index (κ3) is 3.74. The minimum atomic E-state index is -0.326. The van der Waals surface area contributed by atoms with Gasteiger partial charge >= 0.3 is 0 Å². The lowest BCUT2D eigenvalue weighted by molar-refractivity contribution is 0.627. The number of hydrogen-bond donors (Lipinski definition) is 2. The van der Waals surface area contributed by atoms with Gasteiger partial charge in [0.2, 0.25) is 0 Å². The zero-order valence-electron chi connectivity index (χ0n) is 8.97. The summed E-state index contributed by atoms with van der Waals surface area (Å²) in [6.07, 6.45) is 0. The van der Waals surface area contributed by atoms with Crippen LogP contribution in [0, 0.1) is 5.82 Å². The minimum absolute atomic E-state index is 0.0732. The van der Waals surface area contributed by atoms with Gasteiger partial charge in [-0.3, -0.25) is 0 Å². The second-order valence-corrected chi connectivity index (χ2v) is 3.36. The Morgan fingerprint density at radius 1 is 1.38 bits per heavy atom. The summed E-state index contributed by atoms with van der Waals surface area (Å²) in [6, 6.07) is 5.61. The van der Waals surface area contributed by atoms with Crippen molar-refractivity contribution in [2.45, 2.75) is 13.0 Å². The maximum absolute atomic E-state index is 12.7. The highest BCUT2D eigenvalue weighted by Crippen LogP contribution is 2.05. The fourth-order valence-electron chi connectivity index (χ4n) is 0.994. The normalized spacial score (nSPS) is 14.3. The van der Waals surface area contributed by atoms with Crippen LogP contribution in [0.5, 0.6) is 0 Å². The Kier molecular flexibility index (Phi) is 4.53. The number of rotatable bonds is 3. The third-order valence-electron chi connectivity index (χ3n) is 1.76. The molecule has 0 aliphatic carbocycles. The first-order chi connectivity index (χ1) is 7.63. The average molecular weight is 223 g/mol. The van der Waals surface area contributed by atoms with E-state index in [2.05, 4.69) is 15.3 Å². The van der Waals surface area contributed by atoms with Gasteiger partial charge in [-0.15, -0.1) is 5.11 Å². The van der Waals surface area contributed by atoms with Gasteiger partial charge < -0.3 is 11.6 Å². The summed E-state index contributed by atoms with van der Waals surface area (Å²) < 4.78 is 12.7. The van der Waals surface area contributed by atoms with Crippen LogP contribution in [0.1, 0.15) is 12.5 Å². The van der Waals surface area contributed by atoms with Crippen LogP contribution in [-0.2, 0) is 0 Å². The first-order valence-corrected chi connectivity index (χ1v) is 4.80. The molecule has 0 spiro atoms. The molecule has 5 nitrogen and oxygen atoms in total. The fraction of sp³-hybridized carbons (Fsp3) is 0.300. The summed E-state index contributed by atoms with van der Waals surface area (Å²) in [4.78, 5) is 0. The molecule has 0 aliphatic heterocycles. The number of nitrogens with zero attached hydrogens (tertiary/aromatic N) is 3. The van der Waals surface area contributed by atoms with Gasteiger partial charge in [-0.2, -0.15) is 10.2 Å². The van der Waals surface area contributed by atoms with Crippen molar-refractivity contribution in [2.24, 2.45) is 26.9 Å². The quantitative estimate of drug-likeness (QED) is 0.265. The molecule has 0 fully saturated rings. The van der Waals surface area contributed by atoms with Crippen LogP contribution in [0.2, 0.25) is 0 Å². The number of hydrazone groups is 1. The second-order valence-electron chi connectivity index (χ2n) is 3.36. The third-order valence-corrected chi connectivity index (χ3v) is 1.76. The summed E-state index contributed by atoms with van der Waals surface area (Å²) in [7, 11) is 0. The highest BCUT2D eigenvalue weighted by atomic mass is 19.1. The average Bonchev–Trinajstić information content (AvgIpc) is 2.26. The van der Waals surface area contributed by atoms with Crippen LogP contribution < -0.4 is 11.6 Å². The van der Waals surface area contributed by atoms with E-state index in [9.17, 15) is 4.39 Å². The molecule has 16 heavy (non-hydrogen) atoms. The lowest BCUT2D eigenvalue weighted by atomic mass is 10.2. The summed E-state index contributed by atoms with van der Waals surface area (Å²) in [5.41, 5.74) is 6.11. The van der Waals surface area contributed by atoms with E-state index in [0.29, 0.717) is 12.1 Å². The Morgan fingerprint density at radius 2 is 2.00 bits per heavy atom. The molecule has 0 unspecified atom stereocenters. The summed E-state index contributed by atoms with van der Waals surface area (Å²) in [5, 5.41) is 11.1. The largest absolute Gasteiger partial charge is 0.326 e. The minimum Gasteiger partial charge on any atom is -0.326 e. The van der Waals surface area contributed by atoms with E-state index < -0.39 is 0 Å². The Bertz CT molecular complexity index is 383. The van der Waals surface area contributed by atoms with Crippen molar-refractivity contribution in [1.82, 2.24) is 0 Å². The molecule has 0 saturated carbocycles. The molecule has 0 aliphatic rings. The monoisotopic (exact) mass is 223 g/mol. The van der Waals surface area contributed by atoms with Gasteiger partial charge in [-0.05, 0) is 31.2 Å². The lowest BCUT2D eigenvalue weighted by Gasteiger charge is -1.99. The van der Waals surface area contributed by atoms with E-state index in [-0.39, 0.29) is 17.7 Å². The highest BCUT2D eigenvalue weighted by molar-refractivity contribution is 5.98. The highest BCUT2D eigenvalue weighted by Gasteiger charge is 2.02. The molecule has 0 radical (unpaired) electrons. The van der Waals surface area contributed by atoms with Gasteiger partial charge in [0.15, 0.2) is 5.84 Å². The number of hydrogen-bond acceptors (Lipinski definition) is 4. The van der Waals surface area contributed by atoms with Crippen LogP contribution in [0.15, 0.2) is 39.6 Å². The molecular weight excluding hydrogens is 209 g/mol. The van der Waals surface area contributed by atoms with Crippen molar-refractivity contribution in [3.63, 3.8) is 0 Å². The van der Waals surface area contributed by atoms with Crippen molar-refractivity contribution < 1.29 is 4.39 Å². The molecule has 4 N–H and O–H groups in total. The van der Waals surface area contributed by atoms with Gasteiger partial charge in [0.1, 0.15) is 5.82 Å². The number of halogens is 1. The van der Waals surface area contributed by atoms with E-state index in [1.54, 1.807) is 0 Å². The zero-order chi connectivity index (χ0) is 12.0. The van der Waals surface area contributed by atoms with E-state index in [1.807, 2.05) is 6.92 Å². The molecule has 1 aromatic carbocycles. The summed E-state index contributed by atoms with van der Waals surface area (Å²) >= 11 is 0. The van der Waals surface area contributed by atoms with E-state index >= 15 is 0 Å². The van der Waals surface area contributed by atoms with E-state index in [4.69, 9.17) is 11.6 Å². The van der Waals surface area contributed by atoms with Crippen LogP contribution in [0.3, 0.4) is 0 Å². The molecular formula is C10H14FN5. The Balaban J connectivity index is 2.76. The predicted octanol–water partition coefficient (Wildman–Crippen LogP) is 1.25. The summed E-state index contributed by atoms with van der Waals surface area (Å²) in [5.74, 6) is 5.09. The molecule has 0 saturated heterocycles. The second kappa shape index (κ2) is 5.92. The van der Waals surface area contributed by atoms with Gasteiger partial charge in [-0.1, -0.05) is 0 Å². The number of azo groups is 1. The predicted molar refractivity (Wildman–Crippen MR) is 60.5 cm³/mol. The maximum Gasteiger partial charge on any atom is 0.200 e. The number of nitrogens with two attached hydrogens (primary N) is 2. The Labute approximate surface area is 93.0 Å². The molecule has 0 heterocycles. The van der Waals surface area contributed by atoms with Gasteiger partial charge in [0.05, 0.1) is 6.54 Å². The van der Waals surface area contributed by atoms with Crippen LogP contribution in [0.25, 0.3) is 0 Å². The first kappa shape index (κ1) is 12.3. The molecule has 1 rings (SSSR count). The number of amidine groups is 1. The van der Waals surface area contributed by atoms with E-state index in [1.165, 1.54) is 24.3 Å². The fourth-order valence-corrected chi connectivity index (χ4v) is 0.994. The molecule has 1 atom stereocenters. The van der Waals surface area contributed by atoms with Crippen LogP contribution >= 0.6 is 0 Å². The molecule has 0 aromatic heterocycles. The van der Waals surface area contributed by atoms with E-state index in [0.717, 1.165) is 0 Å². The van der Waals surface area contributed by atoms with Gasteiger partial charge in [0, 0.05) is 11.6 Å². The molecule has 1 aromatic rings. The van der Waals surface area contributed by atoms with Crippen molar-refractivity contribution in [2.75, 3.05) is 6.54 Å².